The van der Waals surface area contributed by atoms with E-state index < -0.39 is 0 Å². The fourth-order valence-electron chi connectivity index (χ4n) is 1.28. The zero-order valence-electron chi connectivity index (χ0n) is 10.1. The minimum atomic E-state index is 0.363. The molecule has 0 aliphatic rings. The number of hydrogen-bond acceptors (Lipinski definition) is 4. The van der Waals surface area contributed by atoms with Crippen molar-refractivity contribution in [1.82, 2.24) is 0 Å². The molecule has 2 N–H and O–H groups in total. The van der Waals surface area contributed by atoms with Gasteiger partial charge in [0.15, 0.2) is 11.5 Å². The van der Waals surface area contributed by atoms with Crippen LogP contribution in [0.25, 0.3) is 0 Å². The third-order valence-electron chi connectivity index (χ3n) is 2.07. The Morgan fingerprint density at radius 3 is 2.71 bits per heavy atom. The van der Waals surface area contributed by atoms with E-state index >= 15 is 0 Å². The van der Waals surface area contributed by atoms with Gasteiger partial charge in [0.05, 0.1) is 13.2 Å². The molecule has 1 rings (SSSR count). The van der Waals surface area contributed by atoms with Gasteiger partial charge in [-0.1, -0.05) is 12.2 Å². The van der Waals surface area contributed by atoms with Gasteiger partial charge in [0.25, 0.3) is 0 Å². The number of hydrogen-bond donors (Lipinski definition) is 1. The fraction of sp³-hybridized carbons (Fsp3) is 0.417. The lowest BCUT2D eigenvalue weighted by Gasteiger charge is -2.12. The van der Waals surface area contributed by atoms with E-state index in [1.165, 1.54) is 0 Å². The van der Waals surface area contributed by atoms with Crippen LogP contribution in [0.1, 0.15) is 12.5 Å². The molecule has 1 aromatic rings. The third-order valence-corrected chi connectivity index (χ3v) is 2.88. The maximum atomic E-state index is 5.63. The predicted molar refractivity (Wildman–Crippen MR) is 77.4 cm³/mol. The lowest BCUT2D eigenvalue weighted by Crippen LogP contribution is -2.10. The van der Waals surface area contributed by atoms with Gasteiger partial charge in [-0.3, -0.25) is 0 Å². The van der Waals surface area contributed by atoms with Crippen molar-refractivity contribution >= 4 is 29.0 Å². The SMILES string of the molecule is CCOc1cc(C(N)=S)ccc1OCCSC. The van der Waals surface area contributed by atoms with Crippen molar-refractivity contribution in [2.75, 3.05) is 25.2 Å². The quantitative estimate of drug-likeness (QED) is 0.609. The van der Waals surface area contributed by atoms with Crippen LogP contribution in [-0.2, 0) is 0 Å². The van der Waals surface area contributed by atoms with E-state index in [1.807, 2.05) is 31.4 Å². The molecule has 5 heteroatoms. The summed E-state index contributed by atoms with van der Waals surface area (Å²) in [5.41, 5.74) is 6.37. The Balaban J connectivity index is 2.83. The van der Waals surface area contributed by atoms with Gasteiger partial charge < -0.3 is 15.2 Å². The molecule has 3 nitrogen and oxygen atoms in total. The van der Waals surface area contributed by atoms with Crippen LogP contribution in [0.3, 0.4) is 0 Å². The summed E-state index contributed by atoms with van der Waals surface area (Å²) in [6.07, 6.45) is 2.04. The number of rotatable bonds is 7. The summed E-state index contributed by atoms with van der Waals surface area (Å²) < 4.78 is 11.1. The van der Waals surface area contributed by atoms with Gasteiger partial charge in [-0.05, 0) is 31.4 Å². The molecular weight excluding hydrogens is 254 g/mol. The summed E-state index contributed by atoms with van der Waals surface area (Å²) in [6.45, 7) is 3.17. The highest BCUT2D eigenvalue weighted by Crippen LogP contribution is 2.28. The summed E-state index contributed by atoms with van der Waals surface area (Å²) in [6, 6.07) is 5.51. The molecule has 0 heterocycles. The number of thioether (sulfide) groups is 1. The third kappa shape index (κ3) is 4.44. The largest absolute Gasteiger partial charge is 0.490 e. The molecule has 1 aromatic carbocycles. The monoisotopic (exact) mass is 271 g/mol. The molecule has 0 saturated carbocycles. The average Bonchev–Trinajstić information content (AvgIpc) is 2.31. The van der Waals surface area contributed by atoms with Crippen molar-refractivity contribution in [3.05, 3.63) is 23.8 Å². The molecule has 0 fully saturated rings. The van der Waals surface area contributed by atoms with Gasteiger partial charge in [-0.2, -0.15) is 11.8 Å². The van der Waals surface area contributed by atoms with Crippen LogP contribution in [0.2, 0.25) is 0 Å². The van der Waals surface area contributed by atoms with Crippen molar-refractivity contribution in [2.24, 2.45) is 5.73 Å². The molecule has 0 atom stereocenters. The minimum absolute atomic E-state index is 0.363. The van der Waals surface area contributed by atoms with Gasteiger partial charge in [0, 0.05) is 11.3 Å². The highest BCUT2D eigenvalue weighted by atomic mass is 32.2. The Bertz CT molecular complexity index is 383. The molecule has 0 bridgehead atoms. The first kappa shape index (κ1) is 14.1. The smallest absolute Gasteiger partial charge is 0.161 e. The zero-order valence-corrected chi connectivity index (χ0v) is 11.7. The fourth-order valence-corrected chi connectivity index (χ4v) is 1.66. The van der Waals surface area contributed by atoms with Crippen LogP contribution in [0.15, 0.2) is 18.2 Å². The summed E-state index contributed by atoms with van der Waals surface area (Å²) in [5.74, 6) is 2.38. The van der Waals surface area contributed by atoms with Crippen LogP contribution in [0.4, 0.5) is 0 Å². The molecular formula is C12H17NO2S2. The molecule has 0 saturated heterocycles. The highest BCUT2D eigenvalue weighted by molar-refractivity contribution is 7.98. The Morgan fingerprint density at radius 2 is 2.12 bits per heavy atom. The first-order valence-corrected chi connectivity index (χ1v) is 7.17. The highest BCUT2D eigenvalue weighted by Gasteiger charge is 2.07. The van der Waals surface area contributed by atoms with Gasteiger partial charge >= 0.3 is 0 Å². The molecule has 0 unspecified atom stereocenters. The van der Waals surface area contributed by atoms with Crippen LogP contribution in [-0.4, -0.2) is 30.2 Å². The second-order valence-corrected chi connectivity index (χ2v) is 4.73. The first-order chi connectivity index (χ1) is 8.19. The Hall–Kier alpha value is -0.940. The maximum Gasteiger partial charge on any atom is 0.161 e. The normalized spacial score (nSPS) is 10.0. The number of benzene rings is 1. The van der Waals surface area contributed by atoms with Crippen LogP contribution >= 0.6 is 24.0 Å². The van der Waals surface area contributed by atoms with Crippen LogP contribution in [0, 0.1) is 0 Å². The molecule has 0 aliphatic carbocycles. The van der Waals surface area contributed by atoms with Crippen molar-refractivity contribution in [3.8, 4) is 11.5 Å². The Labute approximate surface area is 112 Å². The van der Waals surface area contributed by atoms with Crippen LogP contribution in [0.5, 0.6) is 11.5 Å². The van der Waals surface area contributed by atoms with Gasteiger partial charge in [-0.25, -0.2) is 0 Å². The summed E-state index contributed by atoms with van der Waals surface area (Å²) in [7, 11) is 0. The predicted octanol–water partition coefficient (Wildman–Crippen LogP) is 2.46. The first-order valence-electron chi connectivity index (χ1n) is 5.37. The number of thiocarbonyl (C=S) groups is 1. The van der Waals surface area contributed by atoms with Gasteiger partial charge in [0.2, 0.25) is 0 Å². The molecule has 0 aliphatic heterocycles. The topological polar surface area (TPSA) is 44.5 Å². The van der Waals surface area contributed by atoms with Crippen molar-refractivity contribution in [1.29, 1.82) is 0 Å². The van der Waals surface area contributed by atoms with Crippen molar-refractivity contribution < 1.29 is 9.47 Å². The molecule has 0 radical (unpaired) electrons. The Kier molecular flexibility index (Phi) is 6.15. The second kappa shape index (κ2) is 7.40. The maximum absolute atomic E-state index is 5.63. The molecule has 0 amide bonds. The van der Waals surface area contributed by atoms with Crippen LogP contribution < -0.4 is 15.2 Å². The summed E-state index contributed by atoms with van der Waals surface area (Å²) >= 11 is 6.67. The standard InChI is InChI=1S/C12H17NO2S2/c1-3-14-11-8-9(12(13)16)4-5-10(11)15-6-7-17-2/h4-5,8H,3,6-7H2,1-2H3,(H2,13,16). The van der Waals surface area contributed by atoms with E-state index in [0.29, 0.717) is 24.0 Å². The summed E-state index contributed by atoms with van der Waals surface area (Å²) in [4.78, 5) is 0.363. The van der Waals surface area contributed by atoms with Gasteiger partial charge in [0.1, 0.15) is 4.99 Å². The molecule has 0 spiro atoms. The molecule has 0 aromatic heterocycles. The lowest BCUT2D eigenvalue weighted by atomic mass is 10.2. The van der Waals surface area contributed by atoms with E-state index in [-0.39, 0.29) is 0 Å². The van der Waals surface area contributed by atoms with Gasteiger partial charge in [-0.15, -0.1) is 0 Å². The van der Waals surface area contributed by atoms with Crippen molar-refractivity contribution in [3.63, 3.8) is 0 Å². The Morgan fingerprint density at radius 1 is 1.35 bits per heavy atom. The number of ether oxygens (including phenoxy) is 2. The van der Waals surface area contributed by atoms with E-state index in [2.05, 4.69) is 0 Å². The average molecular weight is 271 g/mol. The van der Waals surface area contributed by atoms with E-state index in [4.69, 9.17) is 27.4 Å². The minimum Gasteiger partial charge on any atom is -0.490 e. The van der Waals surface area contributed by atoms with Crippen molar-refractivity contribution in [2.45, 2.75) is 6.92 Å². The number of nitrogens with two attached hydrogens (primary N) is 1. The van der Waals surface area contributed by atoms with E-state index in [0.717, 1.165) is 17.1 Å². The molecule has 17 heavy (non-hydrogen) atoms. The summed E-state index contributed by atoms with van der Waals surface area (Å²) in [5, 5.41) is 0. The lowest BCUT2D eigenvalue weighted by molar-refractivity contribution is 0.289. The zero-order chi connectivity index (χ0) is 12.7. The van der Waals surface area contributed by atoms with E-state index in [1.54, 1.807) is 11.8 Å². The second-order valence-electron chi connectivity index (χ2n) is 3.30. The van der Waals surface area contributed by atoms with E-state index in [9.17, 15) is 0 Å². The molecule has 94 valence electrons.